The molecule has 9 nitrogen and oxygen atoms in total. The van der Waals surface area contributed by atoms with Gasteiger partial charge in [0.1, 0.15) is 11.0 Å². The Morgan fingerprint density at radius 1 is 1.23 bits per heavy atom. The molecule has 2 N–H and O–H groups in total. The Morgan fingerprint density at radius 3 is 2.80 bits per heavy atom. The summed E-state index contributed by atoms with van der Waals surface area (Å²) in [6, 6.07) is 8.29. The van der Waals surface area contributed by atoms with Gasteiger partial charge in [-0.1, -0.05) is 11.3 Å². The molecule has 1 saturated carbocycles. The summed E-state index contributed by atoms with van der Waals surface area (Å²) in [7, 11) is 3.50. The fourth-order valence-electron chi connectivity index (χ4n) is 4.19. The fraction of sp³-hybridized carbons (Fsp3) is 0.429. The highest BCUT2D eigenvalue weighted by molar-refractivity contribution is 5.89. The summed E-state index contributed by atoms with van der Waals surface area (Å²) in [5.41, 5.74) is 4.05. The lowest BCUT2D eigenvalue weighted by atomic mass is 9.84. The van der Waals surface area contributed by atoms with Crippen molar-refractivity contribution in [3.05, 3.63) is 30.5 Å². The van der Waals surface area contributed by atoms with Crippen LogP contribution in [0.5, 0.6) is 5.88 Å². The maximum absolute atomic E-state index is 10.2. The standard InChI is InChI=1S/C21H25N7O2/c1-21(29)9-6-14(7-10-21)22-20-23-19(30-3)18-15(8-11-28(18)25-20)13-4-5-16-17(12-13)27(2)26-24-16/h4-5,8,11-12,14,29H,6-7,9-10H2,1-3H3,(H,22,25)/t14-,21-. The van der Waals surface area contributed by atoms with E-state index >= 15 is 0 Å². The first kappa shape index (κ1) is 18.8. The van der Waals surface area contributed by atoms with Gasteiger partial charge in [-0.25, -0.2) is 9.20 Å². The third-order valence-corrected chi connectivity index (χ3v) is 5.99. The second-order valence-corrected chi connectivity index (χ2v) is 8.30. The smallest absolute Gasteiger partial charge is 0.244 e. The number of nitrogens with zero attached hydrogens (tertiary/aromatic N) is 6. The molecule has 1 aliphatic rings. The van der Waals surface area contributed by atoms with Crippen LogP contribution in [0.15, 0.2) is 30.5 Å². The van der Waals surface area contributed by atoms with Gasteiger partial charge >= 0.3 is 0 Å². The number of anilines is 1. The Morgan fingerprint density at radius 2 is 2.03 bits per heavy atom. The molecule has 30 heavy (non-hydrogen) atoms. The molecule has 0 spiro atoms. The van der Waals surface area contributed by atoms with Gasteiger partial charge in [0.25, 0.3) is 0 Å². The van der Waals surface area contributed by atoms with Gasteiger partial charge in [-0.3, -0.25) is 0 Å². The number of benzene rings is 1. The van der Waals surface area contributed by atoms with Gasteiger partial charge in [0.2, 0.25) is 11.8 Å². The van der Waals surface area contributed by atoms with Crippen LogP contribution in [0.1, 0.15) is 32.6 Å². The number of nitrogens with one attached hydrogen (secondary N) is 1. The van der Waals surface area contributed by atoms with Gasteiger partial charge in [0, 0.05) is 24.8 Å². The van der Waals surface area contributed by atoms with E-state index in [1.165, 1.54) is 0 Å². The maximum atomic E-state index is 10.2. The highest BCUT2D eigenvalue weighted by Crippen LogP contribution is 2.33. The lowest BCUT2D eigenvalue weighted by molar-refractivity contribution is 0.0195. The van der Waals surface area contributed by atoms with Gasteiger partial charge in [-0.15, -0.1) is 10.2 Å². The quantitative estimate of drug-likeness (QED) is 0.536. The van der Waals surface area contributed by atoms with Crippen LogP contribution in [0.2, 0.25) is 0 Å². The number of aryl methyl sites for hydroxylation is 1. The van der Waals surface area contributed by atoms with Crippen molar-refractivity contribution in [1.29, 1.82) is 0 Å². The molecule has 0 amide bonds. The molecule has 4 aromatic rings. The Bertz CT molecular complexity index is 1220. The van der Waals surface area contributed by atoms with Gasteiger partial charge in [0.15, 0.2) is 0 Å². The lowest BCUT2D eigenvalue weighted by Gasteiger charge is -2.33. The van der Waals surface area contributed by atoms with Gasteiger partial charge in [-0.2, -0.15) is 4.98 Å². The zero-order chi connectivity index (χ0) is 20.9. The minimum Gasteiger partial charge on any atom is -0.479 e. The summed E-state index contributed by atoms with van der Waals surface area (Å²) >= 11 is 0. The van der Waals surface area contributed by atoms with Gasteiger partial charge < -0.3 is 15.2 Å². The first-order chi connectivity index (χ1) is 14.4. The van der Waals surface area contributed by atoms with E-state index in [2.05, 4.69) is 31.8 Å². The summed E-state index contributed by atoms with van der Waals surface area (Å²) in [6.07, 6.45) is 5.21. The summed E-state index contributed by atoms with van der Waals surface area (Å²) in [5, 5.41) is 26.5. The Labute approximate surface area is 173 Å². The summed E-state index contributed by atoms with van der Waals surface area (Å²) in [5.74, 6) is 1.04. The van der Waals surface area contributed by atoms with E-state index in [0.29, 0.717) is 11.8 Å². The topological polar surface area (TPSA) is 102 Å². The molecule has 0 saturated heterocycles. The van der Waals surface area contributed by atoms with E-state index in [0.717, 1.165) is 53.4 Å². The van der Waals surface area contributed by atoms with Crippen molar-refractivity contribution in [3.8, 4) is 17.0 Å². The van der Waals surface area contributed by atoms with Crippen LogP contribution in [0.3, 0.4) is 0 Å². The molecule has 5 rings (SSSR count). The van der Waals surface area contributed by atoms with Crippen LogP contribution < -0.4 is 10.1 Å². The van der Waals surface area contributed by atoms with Crippen molar-refractivity contribution in [2.45, 2.75) is 44.2 Å². The summed E-state index contributed by atoms with van der Waals surface area (Å²) in [4.78, 5) is 4.62. The molecule has 0 aliphatic heterocycles. The Kier molecular flexibility index (Phi) is 4.35. The summed E-state index contributed by atoms with van der Waals surface area (Å²) < 4.78 is 9.18. The van der Waals surface area contributed by atoms with E-state index < -0.39 is 5.60 Å². The minimum atomic E-state index is -0.569. The Balaban J connectivity index is 1.50. The van der Waals surface area contributed by atoms with Crippen LogP contribution in [-0.2, 0) is 7.05 Å². The maximum Gasteiger partial charge on any atom is 0.244 e. The predicted octanol–water partition coefficient (Wildman–Crippen LogP) is 2.79. The molecule has 9 heteroatoms. The van der Waals surface area contributed by atoms with Crippen molar-refractivity contribution in [2.24, 2.45) is 7.05 Å². The highest BCUT2D eigenvalue weighted by atomic mass is 16.5. The first-order valence-electron chi connectivity index (χ1n) is 10.2. The molecule has 1 aliphatic carbocycles. The monoisotopic (exact) mass is 407 g/mol. The third kappa shape index (κ3) is 3.24. The van der Waals surface area contributed by atoms with Crippen LogP contribution in [0.4, 0.5) is 5.95 Å². The van der Waals surface area contributed by atoms with Crippen LogP contribution in [-0.4, -0.2) is 53.5 Å². The van der Waals surface area contributed by atoms with Crippen LogP contribution >= 0.6 is 0 Å². The molecule has 3 aromatic heterocycles. The number of aromatic nitrogens is 6. The number of ether oxygens (including phenoxy) is 1. The zero-order valence-corrected chi connectivity index (χ0v) is 17.3. The zero-order valence-electron chi connectivity index (χ0n) is 17.3. The number of methoxy groups -OCH3 is 1. The number of hydrogen-bond donors (Lipinski definition) is 2. The molecular weight excluding hydrogens is 382 g/mol. The average molecular weight is 407 g/mol. The lowest BCUT2D eigenvalue weighted by Crippen LogP contribution is -2.36. The van der Waals surface area contributed by atoms with Crippen molar-refractivity contribution in [2.75, 3.05) is 12.4 Å². The van der Waals surface area contributed by atoms with Crippen molar-refractivity contribution in [1.82, 2.24) is 29.6 Å². The van der Waals surface area contributed by atoms with E-state index in [9.17, 15) is 5.11 Å². The first-order valence-corrected chi connectivity index (χ1v) is 10.2. The molecule has 0 unspecified atom stereocenters. The normalized spacial score (nSPS) is 21.9. The van der Waals surface area contributed by atoms with Crippen molar-refractivity contribution >= 4 is 22.5 Å². The molecule has 0 radical (unpaired) electrons. The van der Waals surface area contributed by atoms with Gasteiger partial charge in [0.05, 0.1) is 18.2 Å². The van der Waals surface area contributed by atoms with E-state index in [4.69, 9.17) is 4.74 Å². The molecule has 1 fully saturated rings. The number of hydrogen-bond acceptors (Lipinski definition) is 7. The SMILES string of the molecule is COc1nc(N[C@H]2CC[C@](C)(O)CC2)nn2ccc(-c3ccc4nnn(C)c4c3)c12. The number of rotatable bonds is 4. The molecular formula is C21H25N7O2. The van der Waals surface area contributed by atoms with E-state index in [1.807, 2.05) is 38.4 Å². The largest absolute Gasteiger partial charge is 0.479 e. The molecule has 156 valence electrons. The molecule has 1 aromatic carbocycles. The second-order valence-electron chi connectivity index (χ2n) is 8.30. The van der Waals surface area contributed by atoms with Gasteiger partial charge in [-0.05, 0) is 56.4 Å². The molecule has 0 atom stereocenters. The number of aliphatic hydroxyl groups is 1. The molecule has 0 bridgehead atoms. The Hall–Kier alpha value is -3.20. The van der Waals surface area contributed by atoms with E-state index in [-0.39, 0.29) is 6.04 Å². The number of fused-ring (bicyclic) bond motifs is 2. The van der Waals surface area contributed by atoms with Crippen LogP contribution in [0.25, 0.3) is 27.7 Å². The third-order valence-electron chi connectivity index (χ3n) is 5.99. The second kappa shape index (κ2) is 6.94. The average Bonchev–Trinajstić information content (AvgIpc) is 3.32. The van der Waals surface area contributed by atoms with E-state index in [1.54, 1.807) is 16.3 Å². The minimum absolute atomic E-state index is 0.238. The summed E-state index contributed by atoms with van der Waals surface area (Å²) in [6.45, 7) is 1.90. The highest BCUT2D eigenvalue weighted by Gasteiger charge is 2.29. The predicted molar refractivity (Wildman–Crippen MR) is 114 cm³/mol. The van der Waals surface area contributed by atoms with Crippen molar-refractivity contribution in [3.63, 3.8) is 0 Å². The van der Waals surface area contributed by atoms with Crippen LogP contribution in [0, 0.1) is 0 Å². The molecule has 3 heterocycles. The van der Waals surface area contributed by atoms with Crippen molar-refractivity contribution < 1.29 is 9.84 Å². The fourth-order valence-corrected chi connectivity index (χ4v) is 4.19.